The highest BCUT2D eigenvalue weighted by molar-refractivity contribution is 5.36. The van der Waals surface area contributed by atoms with Gasteiger partial charge in [0.05, 0.1) is 30.3 Å². The quantitative estimate of drug-likeness (QED) is 0.0931. The minimum atomic E-state index is -1.51. The molecule has 2 rings (SSSR count). The molecule has 2 heterocycles. The van der Waals surface area contributed by atoms with Gasteiger partial charge in [0.15, 0.2) is 0 Å². The molecule has 0 aromatic carbocycles. The zero-order valence-corrected chi connectivity index (χ0v) is 31.7. The Balaban J connectivity index is 2.04. The predicted octanol–water partition coefficient (Wildman–Crippen LogP) is 6.58. The summed E-state index contributed by atoms with van der Waals surface area (Å²) >= 11 is 0. The molecule has 0 spiro atoms. The van der Waals surface area contributed by atoms with Crippen LogP contribution in [0.3, 0.4) is 0 Å². The van der Waals surface area contributed by atoms with Crippen molar-refractivity contribution in [3.05, 3.63) is 87.1 Å². The zero-order valence-electron chi connectivity index (χ0n) is 31.7. The average molecular weight is 701 g/mol. The second kappa shape index (κ2) is 20.3. The van der Waals surface area contributed by atoms with Gasteiger partial charge in [-0.1, -0.05) is 93.4 Å². The van der Waals surface area contributed by atoms with Gasteiger partial charge in [0.1, 0.15) is 29.3 Å². The lowest BCUT2D eigenvalue weighted by Crippen LogP contribution is -2.46. The van der Waals surface area contributed by atoms with Gasteiger partial charge in [-0.2, -0.15) is 0 Å². The molecule has 0 aliphatic carbocycles. The number of hydrogen-bond donors (Lipinski definition) is 6. The second-order valence-electron chi connectivity index (χ2n) is 15.3. The van der Waals surface area contributed by atoms with Crippen molar-refractivity contribution in [1.29, 1.82) is 0 Å². The minimum absolute atomic E-state index is 0.0114. The minimum Gasteiger partial charge on any atom is -0.507 e. The Labute approximate surface area is 299 Å². The summed E-state index contributed by atoms with van der Waals surface area (Å²) in [5, 5.41) is 62.1. The number of allylic oxidation sites excluding steroid dienone is 8. The SMILES string of the molecule is CC[C@H](C)\C=C(C)/C=C/C=C(\C)C[C@@H](C)C[C@H](C)C[C@H](/C=C(C)\C=C/[C@@H](O)C(C)(C)c1cc(O)c([C@@H]2O[C@H](CO)C[C@H](O)[C@H]2O)c(=O)o1)CO. The summed E-state index contributed by atoms with van der Waals surface area (Å²) in [7, 11) is 0. The Morgan fingerprint density at radius 3 is 2.28 bits per heavy atom. The summed E-state index contributed by atoms with van der Waals surface area (Å²) < 4.78 is 11.1. The molecule has 1 aromatic heterocycles. The molecule has 9 atom stereocenters. The first kappa shape index (κ1) is 43.4. The standard InChI is InChI=1S/C41H64O9/c1-10-25(2)16-26(3)12-11-13-27(4)17-29(6)18-30(7)20-31(23-42)19-28(5)14-15-35(46)41(8,9)36-22-33(44)37(40(48)50-36)39-38(47)34(45)21-32(24-43)49-39/h11-16,19,22,25,29-32,34-35,38-39,42-47H,10,17-18,20-21,23-24H2,1-9H3/b12-11+,15-14-,26-16-,27-13+,28-19-/t25-,29+,30-,31-,32-,34-,35+,38+,39-/m0/s1. The molecule has 9 nitrogen and oxygen atoms in total. The van der Waals surface area contributed by atoms with Crippen LogP contribution in [0.15, 0.2) is 74.5 Å². The summed E-state index contributed by atoms with van der Waals surface area (Å²) in [6.45, 7) is 18.0. The monoisotopic (exact) mass is 700 g/mol. The van der Waals surface area contributed by atoms with Crippen molar-refractivity contribution < 1.29 is 39.8 Å². The third-order valence-corrected chi connectivity index (χ3v) is 9.76. The molecule has 1 aromatic rings. The van der Waals surface area contributed by atoms with Gasteiger partial charge in [-0.15, -0.1) is 0 Å². The molecule has 1 saturated heterocycles. The fraction of sp³-hybridized carbons (Fsp3) is 0.634. The lowest BCUT2D eigenvalue weighted by Gasteiger charge is -2.36. The Bertz CT molecular complexity index is 1420. The number of aromatic hydroxyl groups is 1. The van der Waals surface area contributed by atoms with Crippen LogP contribution >= 0.6 is 0 Å². The topological polar surface area (TPSA) is 161 Å². The summed E-state index contributed by atoms with van der Waals surface area (Å²) in [4.78, 5) is 13.0. The fourth-order valence-corrected chi connectivity index (χ4v) is 6.62. The third kappa shape index (κ3) is 13.1. The molecule has 1 fully saturated rings. The highest BCUT2D eigenvalue weighted by Gasteiger charge is 2.41. The fourth-order valence-electron chi connectivity index (χ4n) is 6.62. The summed E-state index contributed by atoms with van der Waals surface area (Å²) in [5.41, 5.74) is 1.00. The van der Waals surface area contributed by atoms with Gasteiger partial charge < -0.3 is 39.8 Å². The van der Waals surface area contributed by atoms with Crippen LogP contribution in [0.5, 0.6) is 5.75 Å². The molecule has 0 bridgehead atoms. The van der Waals surface area contributed by atoms with Crippen molar-refractivity contribution in [1.82, 2.24) is 0 Å². The largest absolute Gasteiger partial charge is 0.507 e. The molecule has 6 N–H and O–H groups in total. The maximum absolute atomic E-state index is 13.0. The van der Waals surface area contributed by atoms with Crippen LogP contribution in [-0.4, -0.2) is 68.3 Å². The normalized spacial score (nSPS) is 24.5. The summed E-state index contributed by atoms with van der Waals surface area (Å²) in [5.74, 6) is 0.947. The van der Waals surface area contributed by atoms with Crippen molar-refractivity contribution in [2.75, 3.05) is 13.2 Å². The molecule has 1 aliphatic heterocycles. The maximum atomic E-state index is 13.0. The smallest absolute Gasteiger partial charge is 0.345 e. The van der Waals surface area contributed by atoms with Crippen molar-refractivity contribution >= 4 is 0 Å². The van der Waals surface area contributed by atoms with Gasteiger partial charge in [-0.25, -0.2) is 4.79 Å². The molecule has 50 heavy (non-hydrogen) atoms. The van der Waals surface area contributed by atoms with Gasteiger partial charge in [0.25, 0.3) is 0 Å². The Morgan fingerprint density at radius 1 is 1.02 bits per heavy atom. The van der Waals surface area contributed by atoms with Crippen LogP contribution in [0, 0.1) is 23.7 Å². The van der Waals surface area contributed by atoms with E-state index in [0.29, 0.717) is 17.8 Å². The Hall–Kier alpha value is -2.79. The van der Waals surface area contributed by atoms with Crippen LogP contribution in [0.2, 0.25) is 0 Å². The predicted molar refractivity (Wildman–Crippen MR) is 199 cm³/mol. The first-order valence-corrected chi connectivity index (χ1v) is 18.1. The van der Waals surface area contributed by atoms with E-state index in [0.717, 1.165) is 31.3 Å². The Kier molecular flexibility index (Phi) is 17.6. The van der Waals surface area contributed by atoms with E-state index in [4.69, 9.17) is 9.15 Å². The van der Waals surface area contributed by atoms with Crippen molar-refractivity contribution in [2.24, 2.45) is 23.7 Å². The summed E-state index contributed by atoms with van der Waals surface area (Å²) in [6.07, 6.45) is 12.0. The van der Waals surface area contributed by atoms with Crippen LogP contribution in [-0.2, 0) is 10.2 Å². The molecule has 1 aliphatic rings. The highest BCUT2D eigenvalue weighted by atomic mass is 16.5. The maximum Gasteiger partial charge on any atom is 0.345 e. The van der Waals surface area contributed by atoms with E-state index < -0.39 is 53.9 Å². The van der Waals surface area contributed by atoms with Gasteiger partial charge >= 0.3 is 5.63 Å². The van der Waals surface area contributed by atoms with E-state index in [-0.39, 0.29) is 30.3 Å². The van der Waals surface area contributed by atoms with E-state index in [1.54, 1.807) is 26.0 Å². The number of rotatable bonds is 18. The molecule has 0 radical (unpaired) electrons. The number of ether oxygens (including phenoxy) is 1. The second-order valence-corrected chi connectivity index (χ2v) is 15.3. The van der Waals surface area contributed by atoms with Crippen molar-refractivity contribution in [3.8, 4) is 5.75 Å². The molecule has 282 valence electrons. The lowest BCUT2D eigenvalue weighted by atomic mass is 9.82. The number of aliphatic hydroxyl groups is 5. The summed E-state index contributed by atoms with van der Waals surface area (Å²) in [6, 6.07) is 1.20. The van der Waals surface area contributed by atoms with Crippen LogP contribution in [0.25, 0.3) is 0 Å². The zero-order chi connectivity index (χ0) is 37.8. The van der Waals surface area contributed by atoms with E-state index in [1.165, 1.54) is 17.2 Å². The van der Waals surface area contributed by atoms with Crippen LogP contribution in [0.4, 0.5) is 0 Å². The Morgan fingerprint density at radius 2 is 1.68 bits per heavy atom. The highest BCUT2D eigenvalue weighted by Crippen LogP contribution is 2.37. The molecule has 0 unspecified atom stereocenters. The van der Waals surface area contributed by atoms with Gasteiger partial charge in [-0.05, 0) is 71.6 Å². The number of aliphatic hydroxyl groups excluding tert-OH is 5. The van der Waals surface area contributed by atoms with Crippen LogP contribution in [0.1, 0.15) is 112 Å². The molecule has 0 saturated carbocycles. The van der Waals surface area contributed by atoms with Gasteiger partial charge in [0.2, 0.25) is 0 Å². The van der Waals surface area contributed by atoms with E-state index in [9.17, 15) is 35.4 Å². The van der Waals surface area contributed by atoms with E-state index in [2.05, 4.69) is 65.8 Å². The van der Waals surface area contributed by atoms with Gasteiger partial charge in [0, 0.05) is 25.0 Å². The first-order valence-electron chi connectivity index (χ1n) is 18.1. The molecular formula is C41H64O9. The van der Waals surface area contributed by atoms with Crippen molar-refractivity contribution in [2.45, 2.75) is 130 Å². The third-order valence-electron chi connectivity index (χ3n) is 9.76. The average Bonchev–Trinajstić information content (AvgIpc) is 3.04. The van der Waals surface area contributed by atoms with Gasteiger partial charge in [-0.3, -0.25) is 0 Å². The van der Waals surface area contributed by atoms with Crippen molar-refractivity contribution in [3.63, 3.8) is 0 Å². The molecular weight excluding hydrogens is 636 g/mol. The molecule has 0 amide bonds. The number of hydrogen-bond acceptors (Lipinski definition) is 9. The molecule has 9 heteroatoms. The van der Waals surface area contributed by atoms with E-state index in [1.807, 2.05) is 13.0 Å². The van der Waals surface area contributed by atoms with Crippen LogP contribution < -0.4 is 5.63 Å². The lowest BCUT2D eigenvalue weighted by molar-refractivity contribution is -0.180. The van der Waals surface area contributed by atoms with E-state index >= 15 is 0 Å². The first-order chi connectivity index (χ1) is 23.4.